The number of hydrogen-bond donors (Lipinski definition) is 1. The van der Waals surface area contributed by atoms with Crippen LogP contribution >= 0.6 is 0 Å². The third-order valence-electron chi connectivity index (χ3n) is 2.60. The van der Waals surface area contributed by atoms with Gasteiger partial charge in [0.1, 0.15) is 12.1 Å². The topological polar surface area (TPSA) is 47.0 Å². The molecule has 1 aliphatic rings. The fourth-order valence-electron chi connectivity index (χ4n) is 1.73. The minimum absolute atomic E-state index is 0.401. The van der Waals surface area contributed by atoms with Gasteiger partial charge in [-0.3, -0.25) is 0 Å². The van der Waals surface area contributed by atoms with Crippen molar-refractivity contribution in [1.82, 2.24) is 9.97 Å². The molecule has 4 nitrogen and oxygen atoms in total. The van der Waals surface area contributed by atoms with Crippen LogP contribution in [0, 0.1) is 0 Å². The van der Waals surface area contributed by atoms with Crippen molar-refractivity contribution in [1.29, 1.82) is 0 Å². The number of ether oxygens (including phenoxy) is 1. The average molecular weight is 207 g/mol. The zero-order valence-corrected chi connectivity index (χ0v) is 9.07. The second-order valence-electron chi connectivity index (χ2n) is 3.81. The van der Waals surface area contributed by atoms with E-state index in [1.807, 2.05) is 6.07 Å². The summed E-state index contributed by atoms with van der Waals surface area (Å²) in [4.78, 5) is 8.37. The third-order valence-corrected chi connectivity index (χ3v) is 2.60. The van der Waals surface area contributed by atoms with E-state index in [2.05, 4.69) is 22.2 Å². The van der Waals surface area contributed by atoms with Gasteiger partial charge < -0.3 is 10.1 Å². The summed E-state index contributed by atoms with van der Waals surface area (Å²) in [5, 5.41) is 3.38. The van der Waals surface area contributed by atoms with E-state index in [9.17, 15) is 0 Å². The standard InChI is InChI=1S/C11H17N3O/c1-2-9-6-11(13-8-12-9)14-10-4-3-5-15-7-10/h6,8,10H,2-5,7H2,1H3,(H,12,13,14). The lowest BCUT2D eigenvalue weighted by atomic mass is 10.1. The van der Waals surface area contributed by atoms with Crippen molar-refractivity contribution in [2.75, 3.05) is 18.5 Å². The van der Waals surface area contributed by atoms with Gasteiger partial charge in [0.25, 0.3) is 0 Å². The Balaban J connectivity index is 1.96. The molecule has 0 aromatic carbocycles. The smallest absolute Gasteiger partial charge is 0.129 e. The Bertz CT molecular complexity index is 310. The van der Waals surface area contributed by atoms with Crippen LogP contribution in [0.4, 0.5) is 5.82 Å². The predicted octanol–water partition coefficient (Wildman–Crippen LogP) is 1.63. The minimum Gasteiger partial charge on any atom is -0.379 e. The molecule has 1 aliphatic heterocycles. The van der Waals surface area contributed by atoms with Crippen molar-refractivity contribution in [3.63, 3.8) is 0 Å². The molecule has 2 rings (SSSR count). The molecule has 1 atom stereocenters. The molecule has 0 aliphatic carbocycles. The fraction of sp³-hybridized carbons (Fsp3) is 0.636. The van der Waals surface area contributed by atoms with Crippen molar-refractivity contribution in [2.24, 2.45) is 0 Å². The number of anilines is 1. The van der Waals surface area contributed by atoms with Crippen LogP contribution in [-0.2, 0) is 11.2 Å². The lowest BCUT2D eigenvalue weighted by Crippen LogP contribution is -2.30. The number of aryl methyl sites for hydroxylation is 1. The maximum absolute atomic E-state index is 5.40. The minimum atomic E-state index is 0.401. The highest BCUT2D eigenvalue weighted by molar-refractivity contribution is 5.36. The maximum Gasteiger partial charge on any atom is 0.129 e. The average Bonchev–Trinajstić information content (AvgIpc) is 2.31. The Morgan fingerprint density at radius 2 is 2.47 bits per heavy atom. The molecule has 1 aromatic rings. The largest absolute Gasteiger partial charge is 0.379 e. The van der Waals surface area contributed by atoms with Gasteiger partial charge in [-0.1, -0.05) is 6.92 Å². The number of rotatable bonds is 3. The zero-order valence-electron chi connectivity index (χ0n) is 9.07. The summed E-state index contributed by atoms with van der Waals surface area (Å²) in [6.07, 6.45) is 4.85. The maximum atomic E-state index is 5.40. The molecule has 0 radical (unpaired) electrons. The van der Waals surface area contributed by atoms with Crippen molar-refractivity contribution in [3.8, 4) is 0 Å². The molecule has 1 unspecified atom stereocenters. The highest BCUT2D eigenvalue weighted by Crippen LogP contribution is 2.12. The molecule has 0 saturated carbocycles. The van der Waals surface area contributed by atoms with Gasteiger partial charge in [0.05, 0.1) is 12.6 Å². The van der Waals surface area contributed by atoms with Crippen molar-refractivity contribution >= 4 is 5.82 Å². The van der Waals surface area contributed by atoms with E-state index in [1.165, 1.54) is 0 Å². The Labute approximate surface area is 90.1 Å². The molecule has 0 bridgehead atoms. The number of hydrogen-bond acceptors (Lipinski definition) is 4. The summed E-state index contributed by atoms with van der Waals surface area (Å²) in [6, 6.07) is 2.41. The summed E-state index contributed by atoms with van der Waals surface area (Å²) < 4.78 is 5.40. The Hall–Kier alpha value is -1.16. The Morgan fingerprint density at radius 3 is 3.20 bits per heavy atom. The fourth-order valence-corrected chi connectivity index (χ4v) is 1.73. The van der Waals surface area contributed by atoms with Crippen molar-refractivity contribution < 1.29 is 4.74 Å². The molecule has 1 saturated heterocycles. The van der Waals surface area contributed by atoms with Crippen LogP contribution in [0.1, 0.15) is 25.5 Å². The summed E-state index contributed by atoms with van der Waals surface area (Å²) in [6.45, 7) is 3.77. The molecule has 1 N–H and O–H groups in total. The van der Waals surface area contributed by atoms with Gasteiger partial charge in [0, 0.05) is 18.4 Å². The molecular formula is C11H17N3O. The van der Waals surface area contributed by atoms with Gasteiger partial charge in [-0.05, 0) is 19.3 Å². The van der Waals surface area contributed by atoms with Crippen molar-refractivity contribution in [3.05, 3.63) is 18.1 Å². The van der Waals surface area contributed by atoms with E-state index in [1.54, 1.807) is 6.33 Å². The van der Waals surface area contributed by atoms with Gasteiger partial charge in [-0.2, -0.15) is 0 Å². The van der Waals surface area contributed by atoms with Crippen molar-refractivity contribution in [2.45, 2.75) is 32.2 Å². The normalized spacial score (nSPS) is 21.3. The molecular weight excluding hydrogens is 190 g/mol. The van der Waals surface area contributed by atoms with Gasteiger partial charge in [0.15, 0.2) is 0 Å². The van der Waals surface area contributed by atoms with Crippen LogP contribution in [0.15, 0.2) is 12.4 Å². The first-order valence-corrected chi connectivity index (χ1v) is 5.53. The van der Waals surface area contributed by atoms with Gasteiger partial charge >= 0.3 is 0 Å². The van der Waals surface area contributed by atoms with E-state index >= 15 is 0 Å². The second-order valence-corrected chi connectivity index (χ2v) is 3.81. The van der Waals surface area contributed by atoms with Crippen LogP contribution in [-0.4, -0.2) is 29.2 Å². The van der Waals surface area contributed by atoms with E-state index in [-0.39, 0.29) is 0 Å². The molecule has 2 heterocycles. The second kappa shape index (κ2) is 5.07. The Morgan fingerprint density at radius 1 is 1.53 bits per heavy atom. The van der Waals surface area contributed by atoms with Crippen LogP contribution in [0.5, 0.6) is 0 Å². The van der Waals surface area contributed by atoms with Gasteiger partial charge in [0.2, 0.25) is 0 Å². The summed E-state index contributed by atoms with van der Waals surface area (Å²) >= 11 is 0. The number of nitrogens with zero attached hydrogens (tertiary/aromatic N) is 2. The lowest BCUT2D eigenvalue weighted by molar-refractivity contribution is 0.0875. The summed E-state index contributed by atoms with van der Waals surface area (Å²) in [7, 11) is 0. The highest BCUT2D eigenvalue weighted by atomic mass is 16.5. The molecule has 4 heteroatoms. The van der Waals surface area contributed by atoms with Gasteiger partial charge in [-0.25, -0.2) is 9.97 Å². The Kier molecular flexibility index (Phi) is 3.50. The molecule has 1 aromatic heterocycles. The zero-order chi connectivity index (χ0) is 10.5. The molecule has 82 valence electrons. The first-order chi connectivity index (χ1) is 7.38. The number of nitrogens with one attached hydrogen (secondary N) is 1. The number of aromatic nitrogens is 2. The summed E-state index contributed by atoms with van der Waals surface area (Å²) in [5.74, 6) is 0.914. The van der Waals surface area contributed by atoms with E-state index in [4.69, 9.17) is 4.74 Å². The molecule has 1 fully saturated rings. The van der Waals surface area contributed by atoms with E-state index < -0.39 is 0 Å². The monoisotopic (exact) mass is 207 g/mol. The van der Waals surface area contributed by atoms with Crippen LogP contribution < -0.4 is 5.32 Å². The van der Waals surface area contributed by atoms with Crippen LogP contribution in [0.2, 0.25) is 0 Å². The summed E-state index contributed by atoms with van der Waals surface area (Å²) in [5.41, 5.74) is 1.07. The first-order valence-electron chi connectivity index (χ1n) is 5.53. The van der Waals surface area contributed by atoms with Gasteiger partial charge in [-0.15, -0.1) is 0 Å². The van der Waals surface area contributed by atoms with Crippen LogP contribution in [0.25, 0.3) is 0 Å². The third kappa shape index (κ3) is 2.89. The van der Waals surface area contributed by atoms with Crippen LogP contribution in [0.3, 0.4) is 0 Å². The quantitative estimate of drug-likeness (QED) is 0.818. The molecule has 0 spiro atoms. The van der Waals surface area contributed by atoms with E-state index in [0.29, 0.717) is 6.04 Å². The van der Waals surface area contributed by atoms with E-state index in [0.717, 1.165) is 44.0 Å². The molecule has 15 heavy (non-hydrogen) atoms. The SMILES string of the molecule is CCc1cc(NC2CCCOC2)ncn1. The predicted molar refractivity (Wildman–Crippen MR) is 58.9 cm³/mol. The molecule has 0 amide bonds. The lowest BCUT2D eigenvalue weighted by Gasteiger charge is -2.23. The highest BCUT2D eigenvalue weighted by Gasteiger charge is 2.13. The first kappa shape index (κ1) is 10.4.